The number of carbonyl (C=O) groups is 2. The van der Waals surface area contributed by atoms with E-state index in [1.54, 1.807) is 53.4 Å². The molecule has 2 amide bonds. The van der Waals surface area contributed by atoms with Gasteiger partial charge in [0.05, 0.1) is 5.69 Å². The van der Waals surface area contributed by atoms with Gasteiger partial charge in [-0.05, 0) is 24.3 Å². The Morgan fingerprint density at radius 1 is 1.14 bits per heavy atom. The Bertz CT molecular complexity index is 626. The van der Waals surface area contributed by atoms with Gasteiger partial charge in [-0.2, -0.15) is 9.63 Å². The zero-order chi connectivity index (χ0) is 15.2. The third-order valence-corrected chi connectivity index (χ3v) is 2.76. The topological polar surface area (TPSA) is 73.5 Å². The molecule has 108 valence electrons. The SMILES string of the molecule is CC(=O)Nc1ccc(N(O)C(=O)C[n+]2ccccc2)cc1. The lowest BCUT2D eigenvalue weighted by atomic mass is 10.2. The number of rotatable bonds is 4. The number of amides is 2. The van der Waals surface area contributed by atoms with E-state index in [-0.39, 0.29) is 12.5 Å². The highest BCUT2D eigenvalue weighted by Gasteiger charge is 2.17. The molecule has 1 aromatic heterocycles. The van der Waals surface area contributed by atoms with Crippen molar-refractivity contribution in [1.82, 2.24) is 0 Å². The van der Waals surface area contributed by atoms with Crippen LogP contribution in [0.4, 0.5) is 11.4 Å². The van der Waals surface area contributed by atoms with Crippen LogP contribution in [0, 0.1) is 0 Å². The highest BCUT2D eigenvalue weighted by Crippen LogP contribution is 2.16. The summed E-state index contributed by atoms with van der Waals surface area (Å²) in [6.45, 7) is 1.44. The van der Waals surface area contributed by atoms with Gasteiger partial charge in [-0.3, -0.25) is 14.8 Å². The molecule has 0 saturated heterocycles. The second-order valence-electron chi connectivity index (χ2n) is 4.48. The number of benzene rings is 1. The molecule has 1 aromatic carbocycles. The van der Waals surface area contributed by atoms with E-state index in [9.17, 15) is 14.8 Å². The fraction of sp³-hybridized carbons (Fsp3) is 0.133. The van der Waals surface area contributed by atoms with E-state index in [2.05, 4.69) is 5.32 Å². The fourth-order valence-electron chi connectivity index (χ4n) is 1.80. The van der Waals surface area contributed by atoms with Crippen molar-refractivity contribution in [1.29, 1.82) is 0 Å². The van der Waals surface area contributed by atoms with Gasteiger partial charge in [-0.15, -0.1) is 0 Å². The summed E-state index contributed by atoms with van der Waals surface area (Å²) in [6.07, 6.45) is 3.48. The second kappa shape index (κ2) is 6.62. The number of hydrogen-bond acceptors (Lipinski definition) is 3. The van der Waals surface area contributed by atoms with Crippen LogP contribution in [0.2, 0.25) is 0 Å². The number of carbonyl (C=O) groups excluding carboxylic acids is 2. The molecule has 0 radical (unpaired) electrons. The van der Waals surface area contributed by atoms with Gasteiger partial charge >= 0.3 is 5.91 Å². The van der Waals surface area contributed by atoms with Crippen LogP contribution in [0.25, 0.3) is 0 Å². The van der Waals surface area contributed by atoms with E-state index in [4.69, 9.17) is 0 Å². The molecular formula is C15H16N3O3+. The van der Waals surface area contributed by atoms with Crippen LogP contribution in [0.3, 0.4) is 0 Å². The van der Waals surface area contributed by atoms with Gasteiger partial charge < -0.3 is 5.32 Å². The lowest BCUT2D eigenvalue weighted by Gasteiger charge is -2.13. The Morgan fingerprint density at radius 3 is 2.33 bits per heavy atom. The Hall–Kier alpha value is -2.73. The van der Waals surface area contributed by atoms with E-state index in [0.29, 0.717) is 16.4 Å². The molecule has 0 aliphatic carbocycles. The monoisotopic (exact) mass is 286 g/mol. The molecule has 2 aromatic rings. The quantitative estimate of drug-likeness (QED) is 0.506. The third-order valence-electron chi connectivity index (χ3n) is 2.76. The van der Waals surface area contributed by atoms with Crippen LogP contribution in [0.1, 0.15) is 6.92 Å². The molecule has 21 heavy (non-hydrogen) atoms. The molecule has 0 saturated carbocycles. The first-order chi connectivity index (χ1) is 10.1. The maximum Gasteiger partial charge on any atom is 0.316 e. The summed E-state index contributed by atoms with van der Waals surface area (Å²) in [5.74, 6) is -0.640. The smallest absolute Gasteiger partial charge is 0.316 e. The molecule has 0 atom stereocenters. The predicted octanol–water partition coefficient (Wildman–Crippen LogP) is 1.35. The van der Waals surface area contributed by atoms with Gasteiger partial charge in [0, 0.05) is 24.7 Å². The third kappa shape index (κ3) is 4.12. The van der Waals surface area contributed by atoms with Crippen LogP contribution in [0.15, 0.2) is 54.9 Å². The van der Waals surface area contributed by atoms with Crippen molar-refractivity contribution >= 4 is 23.2 Å². The van der Waals surface area contributed by atoms with E-state index in [1.807, 2.05) is 6.07 Å². The first-order valence-corrected chi connectivity index (χ1v) is 6.40. The number of hydroxylamine groups is 1. The average Bonchev–Trinajstić information content (AvgIpc) is 2.47. The summed E-state index contributed by atoms with van der Waals surface area (Å²) in [4.78, 5) is 22.9. The van der Waals surface area contributed by atoms with Crippen molar-refractivity contribution in [2.75, 3.05) is 10.4 Å². The maximum atomic E-state index is 12.0. The van der Waals surface area contributed by atoms with Gasteiger partial charge in [0.15, 0.2) is 12.4 Å². The van der Waals surface area contributed by atoms with Crippen LogP contribution >= 0.6 is 0 Å². The van der Waals surface area contributed by atoms with Crippen LogP contribution < -0.4 is 14.9 Å². The summed E-state index contributed by atoms with van der Waals surface area (Å²) in [5, 5.41) is 13.1. The van der Waals surface area contributed by atoms with Crippen molar-refractivity contribution in [2.24, 2.45) is 0 Å². The predicted molar refractivity (Wildman–Crippen MR) is 76.7 cm³/mol. The van der Waals surface area contributed by atoms with E-state index >= 15 is 0 Å². The van der Waals surface area contributed by atoms with Gasteiger partial charge in [-0.1, -0.05) is 6.07 Å². The van der Waals surface area contributed by atoms with Crippen molar-refractivity contribution in [3.63, 3.8) is 0 Å². The second-order valence-corrected chi connectivity index (χ2v) is 4.48. The lowest BCUT2D eigenvalue weighted by molar-refractivity contribution is -0.684. The molecule has 0 unspecified atom stereocenters. The molecule has 0 spiro atoms. The molecule has 0 aliphatic heterocycles. The molecule has 2 rings (SSSR count). The van der Waals surface area contributed by atoms with E-state index in [0.717, 1.165) is 0 Å². The van der Waals surface area contributed by atoms with E-state index < -0.39 is 5.91 Å². The first-order valence-electron chi connectivity index (χ1n) is 6.40. The van der Waals surface area contributed by atoms with Gasteiger partial charge in [0.25, 0.3) is 0 Å². The molecule has 6 heteroatoms. The molecular weight excluding hydrogens is 270 g/mol. The number of hydrogen-bond donors (Lipinski definition) is 2. The van der Waals surface area contributed by atoms with Crippen molar-refractivity contribution in [2.45, 2.75) is 13.5 Å². The number of pyridine rings is 1. The first kappa shape index (κ1) is 14.7. The Balaban J connectivity index is 2.03. The minimum atomic E-state index is -0.460. The Kier molecular flexibility index (Phi) is 4.63. The number of aromatic nitrogens is 1. The molecule has 6 nitrogen and oxygen atoms in total. The molecule has 1 heterocycles. The largest absolute Gasteiger partial charge is 0.326 e. The summed E-state index contributed by atoms with van der Waals surface area (Å²) >= 11 is 0. The van der Waals surface area contributed by atoms with Crippen molar-refractivity contribution in [3.8, 4) is 0 Å². The highest BCUT2D eigenvalue weighted by atomic mass is 16.5. The molecule has 0 aliphatic rings. The summed E-state index contributed by atoms with van der Waals surface area (Å²) < 4.78 is 1.66. The van der Waals surface area contributed by atoms with Crippen molar-refractivity contribution < 1.29 is 19.4 Å². The van der Waals surface area contributed by atoms with Crippen LogP contribution in [-0.2, 0) is 16.1 Å². The number of nitrogens with zero attached hydrogens (tertiary/aromatic N) is 2. The minimum absolute atomic E-state index is 0.0325. The standard InChI is InChI=1S/C15H15N3O3/c1-12(19)16-13-5-7-14(8-6-13)18(21)15(20)11-17-9-3-2-4-10-17/h2-10,21H,11H2,1H3/p+1. The molecule has 0 fully saturated rings. The summed E-state index contributed by atoms with van der Waals surface area (Å²) in [5.41, 5.74) is 0.940. The number of anilines is 2. The Labute approximate surface area is 122 Å². The van der Waals surface area contributed by atoms with Gasteiger partial charge in [0.1, 0.15) is 0 Å². The number of nitrogens with one attached hydrogen (secondary N) is 1. The maximum absolute atomic E-state index is 12.0. The molecule has 0 bridgehead atoms. The van der Waals surface area contributed by atoms with E-state index in [1.165, 1.54) is 6.92 Å². The zero-order valence-electron chi connectivity index (χ0n) is 11.6. The van der Waals surface area contributed by atoms with Crippen molar-refractivity contribution in [3.05, 3.63) is 54.9 Å². The molecule has 2 N–H and O–H groups in total. The van der Waals surface area contributed by atoms with Crippen LogP contribution in [-0.4, -0.2) is 17.0 Å². The highest BCUT2D eigenvalue weighted by molar-refractivity contribution is 5.91. The average molecular weight is 286 g/mol. The Morgan fingerprint density at radius 2 is 1.76 bits per heavy atom. The zero-order valence-corrected chi connectivity index (χ0v) is 11.6. The normalized spacial score (nSPS) is 10.0. The fourth-order valence-corrected chi connectivity index (χ4v) is 1.80. The summed E-state index contributed by atoms with van der Waals surface area (Å²) in [6, 6.07) is 11.8. The summed E-state index contributed by atoms with van der Waals surface area (Å²) in [7, 11) is 0. The minimum Gasteiger partial charge on any atom is -0.326 e. The van der Waals surface area contributed by atoms with Crippen LogP contribution in [0.5, 0.6) is 0 Å². The lowest BCUT2D eigenvalue weighted by Crippen LogP contribution is -2.43. The van der Waals surface area contributed by atoms with Gasteiger partial charge in [-0.25, -0.2) is 0 Å². The van der Waals surface area contributed by atoms with Gasteiger partial charge in [0.2, 0.25) is 12.5 Å².